The number of rotatable bonds is 3. The SMILES string of the molecule is O=c1c2ccccc2ncn1C1CCN(S(=O)(=O)c2ccccc2F)CC1. The second kappa shape index (κ2) is 6.86. The Balaban J connectivity index is 1.57. The Bertz CT molecular complexity index is 1150. The van der Waals surface area contributed by atoms with Crippen molar-refractivity contribution < 1.29 is 12.8 Å². The van der Waals surface area contributed by atoms with Gasteiger partial charge in [0.15, 0.2) is 0 Å². The van der Waals surface area contributed by atoms with Gasteiger partial charge in [-0.3, -0.25) is 9.36 Å². The minimum atomic E-state index is -3.89. The molecule has 140 valence electrons. The third-order valence-corrected chi connectivity index (χ3v) is 6.89. The molecule has 0 saturated carbocycles. The Morgan fingerprint density at radius 1 is 1.00 bits per heavy atom. The van der Waals surface area contributed by atoms with Crippen molar-refractivity contribution in [1.82, 2.24) is 13.9 Å². The fraction of sp³-hybridized carbons (Fsp3) is 0.263. The number of hydrogen-bond acceptors (Lipinski definition) is 4. The van der Waals surface area contributed by atoms with Gasteiger partial charge in [-0.05, 0) is 37.1 Å². The van der Waals surface area contributed by atoms with Gasteiger partial charge in [0.1, 0.15) is 10.7 Å². The van der Waals surface area contributed by atoms with Crippen LogP contribution >= 0.6 is 0 Å². The number of fused-ring (bicyclic) bond motifs is 1. The van der Waals surface area contributed by atoms with E-state index in [4.69, 9.17) is 0 Å². The Hall–Kier alpha value is -2.58. The highest BCUT2D eigenvalue weighted by Gasteiger charge is 2.32. The van der Waals surface area contributed by atoms with E-state index in [2.05, 4.69) is 4.98 Å². The molecule has 0 amide bonds. The molecule has 8 heteroatoms. The number of halogens is 1. The maximum absolute atomic E-state index is 13.9. The number of sulfonamides is 1. The maximum Gasteiger partial charge on any atom is 0.261 e. The first-order valence-electron chi connectivity index (χ1n) is 8.69. The zero-order valence-corrected chi connectivity index (χ0v) is 15.3. The molecule has 1 saturated heterocycles. The topological polar surface area (TPSA) is 72.3 Å². The van der Waals surface area contributed by atoms with Crippen molar-refractivity contribution in [2.75, 3.05) is 13.1 Å². The van der Waals surface area contributed by atoms with Crippen LogP contribution in [0.3, 0.4) is 0 Å². The van der Waals surface area contributed by atoms with Gasteiger partial charge in [-0.2, -0.15) is 4.31 Å². The monoisotopic (exact) mass is 387 g/mol. The molecule has 2 aromatic carbocycles. The van der Waals surface area contributed by atoms with Crippen molar-refractivity contribution in [1.29, 1.82) is 0 Å². The molecule has 2 heterocycles. The smallest absolute Gasteiger partial charge is 0.261 e. The first-order chi connectivity index (χ1) is 13.0. The van der Waals surface area contributed by atoms with E-state index in [0.717, 1.165) is 6.07 Å². The van der Waals surface area contributed by atoms with E-state index < -0.39 is 15.8 Å². The highest BCUT2D eigenvalue weighted by atomic mass is 32.2. The van der Waals surface area contributed by atoms with Gasteiger partial charge in [0.05, 0.1) is 17.2 Å². The number of benzene rings is 2. The molecule has 27 heavy (non-hydrogen) atoms. The van der Waals surface area contributed by atoms with Crippen LogP contribution < -0.4 is 5.56 Å². The van der Waals surface area contributed by atoms with Gasteiger partial charge < -0.3 is 0 Å². The summed E-state index contributed by atoms with van der Waals surface area (Å²) in [6, 6.07) is 12.4. The Kier molecular flexibility index (Phi) is 4.53. The van der Waals surface area contributed by atoms with Crippen molar-refractivity contribution in [2.45, 2.75) is 23.8 Å². The minimum Gasteiger partial charge on any atom is -0.296 e. The van der Waals surface area contributed by atoms with E-state index in [1.807, 2.05) is 6.07 Å². The molecular weight excluding hydrogens is 369 g/mol. The van der Waals surface area contributed by atoms with Gasteiger partial charge in [0.2, 0.25) is 10.0 Å². The second-order valence-corrected chi connectivity index (χ2v) is 8.45. The molecule has 0 atom stereocenters. The second-order valence-electron chi connectivity index (χ2n) is 6.54. The van der Waals surface area contributed by atoms with Gasteiger partial charge >= 0.3 is 0 Å². The van der Waals surface area contributed by atoms with Crippen LogP contribution in [-0.4, -0.2) is 35.4 Å². The molecule has 1 aliphatic rings. The quantitative estimate of drug-likeness (QED) is 0.692. The molecule has 1 aliphatic heterocycles. The summed E-state index contributed by atoms with van der Waals surface area (Å²) in [4.78, 5) is 16.7. The Morgan fingerprint density at radius 3 is 2.41 bits per heavy atom. The number of piperidine rings is 1. The molecule has 0 radical (unpaired) electrons. The van der Waals surface area contributed by atoms with E-state index in [9.17, 15) is 17.6 Å². The summed E-state index contributed by atoms with van der Waals surface area (Å²) in [6.07, 6.45) is 2.46. The van der Waals surface area contributed by atoms with E-state index in [-0.39, 0.29) is 29.6 Å². The molecule has 0 unspecified atom stereocenters. The molecular formula is C19H18FN3O3S. The van der Waals surface area contributed by atoms with Crippen LogP contribution in [0, 0.1) is 5.82 Å². The lowest BCUT2D eigenvalue weighted by atomic mass is 10.1. The van der Waals surface area contributed by atoms with E-state index >= 15 is 0 Å². The highest BCUT2D eigenvalue weighted by molar-refractivity contribution is 7.89. The third-order valence-electron chi connectivity index (χ3n) is 4.96. The standard InChI is InChI=1S/C19H18FN3O3S/c20-16-6-2-4-8-18(16)27(25,26)22-11-9-14(10-12-22)23-13-21-17-7-3-1-5-15(17)19(23)24/h1-8,13-14H,9-12H2. The minimum absolute atomic E-state index is 0.129. The molecule has 1 aromatic heterocycles. The molecule has 0 aliphatic carbocycles. The van der Waals surface area contributed by atoms with Crippen LogP contribution in [0.15, 0.2) is 64.5 Å². The molecule has 1 fully saturated rings. The summed E-state index contributed by atoms with van der Waals surface area (Å²) in [7, 11) is -3.89. The summed E-state index contributed by atoms with van der Waals surface area (Å²) in [5, 5.41) is 0.543. The van der Waals surface area contributed by atoms with Crippen LogP contribution in [0.4, 0.5) is 4.39 Å². The summed E-state index contributed by atoms with van der Waals surface area (Å²) in [6.45, 7) is 0.446. The summed E-state index contributed by atoms with van der Waals surface area (Å²) >= 11 is 0. The normalized spacial score (nSPS) is 16.6. The van der Waals surface area contributed by atoms with Gasteiger partial charge in [-0.1, -0.05) is 24.3 Å². The number of nitrogens with zero attached hydrogens (tertiary/aromatic N) is 3. The predicted molar refractivity (Wildman–Crippen MR) is 99.4 cm³/mol. The molecule has 0 bridgehead atoms. The fourth-order valence-corrected chi connectivity index (χ4v) is 5.03. The van der Waals surface area contributed by atoms with Gasteiger partial charge in [0, 0.05) is 19.1 Å². The zero-order valence-electron chi connectivity index (χ0n) is 14.5. The molecule has 0 spiro atoms. The number of para-hydroxylation sites is 1. The summed E-state index contributed by atoms with van der Waals surface area (Å²) in [5.74, 6) is -0.755. The largest absolute Gasteiger partial charge is 0.296 e. The van der Waals surface area contributed by atoms with Crippen LogP contribution in [-0.2, 0) is 10.0 Å². The first kappa shape index (κ1) is 17.8. The molecule has 3 aromatic rings. The van der Waals surface area contributed by atoms with Crippen LogP contribution in [0.2, 0.25) is 0 Å². The average Bonchev–Trinajstić information content (AvgIpc) is 2.69. The highest BCUT2D eigenvalue weighted by Crippen LogP contribution is 2.27. The fourth-order valence-electron chi connectivity index (χ4n) is 3.50. The molecule has 0 N–H and O–H groups in total. The van der Waals surface area contributed by atoms with Crippen molar-refractivity contribution in [3.05, 3.63) is 71.0 Å². The van der Waals surface area contributed by atoms with E-state index in [0.29, 0.717) is 23.7 Å². The number of aromatic nitrogens is 2. The Morgan fingerprint density at radius 2 is 1.67 bits per heavy atom. The average molecular weight is 387 g/mol. The maximum atomic E-state index is 13.9. The lowest BCUT2D eigenvalue weighted by Gasteiger charge is -2.32. The van der Waals surface area contributed by atoms with Crippen LogP contribution in [0.1, 0.15) is 18.9 Å². The molecule has 6 nitrogen and oxygen atoms in total. The lowest BCUT2D eigenvalue weighted by molar-refractivity contribution is 0.269. The first-order valence-corrected chi connectivity index (χ1v) is 10.1. The van der Waals surface area contributed by atoms with Crippen LogP contribution in [0.25, 0.3) is 10.9 Å². The van der Waals surface area contributed by atoms with Gasteiger partial charge in [-0.25, -0.2) is 17.8 Å². The summed E-state index contributed by atoms with van der Waals surface area (Å²) in [5.41, 5.74) is 0.509. The van der Waals surface area contributed by atoms with Crippen LogP contribution in [0.5, 0.6) is 0 Å². The van der Waals surface area contributed by atoms with E-state index in [1.165, 1.54) is 28.8 Å². The predicted octanol–water partition coefficient (Wildman–Crippen LogP) is 2.56. The van der Waals surface area contributed by atoms with Crippen molar-refractivity contribution in [2.24, 2.45) is 0 Å². The van der Waals surface area contributed by atoms with Crippen molar-refractivity contribution >= 4 is 20.9 Å². The number of hydrogen-bond donors (Lipinski definition) is 0. The molecule has 4 rings (SSSR count). The van der Waals surface area contributed by atoms with Gasteiger partial charge in [-0.15, -0.1) is 0 Å². The van der Waals surface area contributed by atoms with Crippen molar-refractivity contribution in [3.63, 3.8) is 0 Å². The third kappa shape index (κ3) is 3.15. The Labute approximate surface area is 155 Å². The summed E-state index contributed by atoms with van der Waals surface area (Å²) < 4.78 is 42.2. The lowest BCUT2D eigenvalue weighted by Crippen LogP contribution is -2.41. The zero-order chi connectivity index (χ0) is 19.0. The van der Waals surface area contributed by atoms with Crippen molar-refractivity contribution in [3.8, 4) is 0 Å². The van der Waals surface area contributed by atoms with Gasteiger partial charge in [0.25, 0.3) is 5.56 Å². The van der Waals surface area contributed by atoms with E-state index in [1.54, 1.807) is 22.8 Å².